The molecule has 0 bridgehead atoms. The molecule has 0 saturated heterocycles. The maximum absolute atomic E-state index is 12.1. The monoisotopic (exact) mass is 396 g/mol. The summed E-state index contributed by atoms with van der Waals surface area (Å²) in [6.45, 7) is 3.46. The van der Waals surface area contributed by atoms with Gasteiger partial charge in [-0.3, -0.25) is 9.59 Å². The minimum Gasteiger partial charge on any atom is -0.504 e. The summed E-state index contributed by atoms with van der Waals surface area (Å²) in [5, 5.41) is 19.7. The molecule has 0 aliphatic heterocycles. The number of phenols is 2. The number of ether oxygens (including phenoxy) is 2. The van der Waals surface area contributed by atoms with Crippen molar-refractivity contribution in [2.75, 3.05) is 14.2 Å². The fraction of sp³-hybridized carbons (Fsp3) is 0.217. The van der Waals surface area contributed by atoms with Crippen LogP contribution in [0.3, 0.4) is 0 Å². The smallest absolute Gasteiger partial charge is 0.163 e. The van der Waals surface area contributed by atoms with Gasteiger partial charge in [0.05, 0.1) is 20.6 Å². The van der Waals surface area contributed by atoms with Crippen LogP contribution in [0.4, 0.5) is 0 Å². The third-order valence-corrected chi connectivity index (χ3v) is 4.29. The minimum absolute atomic E-state index is 0.0531. The summed E-state index contributed by atoms with van der Waals surface area (Å²) in [4.78, 5) is 24.1. The lowest BCUT2D eigenvalue weighted by Gasteiger charge is -2.07. The minimum atomic E-state index is -0.344. The molecular weight excluding hydrogens is 372 g/mol. The fourth-order valence-corrected chi connectivity index (χ4v) is 2.72. The molecule has 152 valence electrons. The number of phenolic OH excluding ortho intramolecular Hbond substituents is 2. The molecule has 2 aromatic rings. The van der Waals surface area contributed by atoms with Crippen LogP contribution in [0.25, 0.3) is 12.2 Å². The lowest BCUT2D eigenvalue weighted by atomic mass is 10.1. The maximum Gasteiger partial charge on any atom is 0.163 e. The SMILES string of the molecule is COc1cc(/C=C/C(=O)CC(=O)/C=C/c2cc(C)c(O)c(OC)c2)cc(C)c1O. The van der Waals surface area contributed by atoms with E-state index < -0.39 is 0 Å². The number of methoxy groups -OCH3 is 2. The first-order valence-corrected chi connectivity index (χ1v) is 8.92. The number of aromatic hydroxyl groups is 2. The third kappa shape index (κ3) is 5.72. The topological polar surface area (TPSA) is 93.1 Å². The quantitative estimate of drug-likeness (QED) is 0.518. The van der Waals surface area contributed by atoms with Gasteiger partial charge in [-0.15, -0.1) is 0 Å². The van der Waals surface area contributed by atoms with Crippen LogP contribution < -0.4 is 9.47 Å². The summed E-state index contributed by atoms with van der Waals surface area (Å²) < 4.78 is 10.2. The highest BCUT2D eigenvalue weighted by Crippen LogP contribution is 2.32. The predicted molar refractivity (Wildman–Crippen MR) is 111 cm³/mol. The molecule has 0 aliphatic carbocycles. The summed E-state index contributed by atoms with van der Waals surface area (Å²) >= 11 is 0. The number of ketones is 2. The molecule has 0 saturated carbocycles. The first-order valence-electron chi connectivity index (χ1n) is 8.92. The molecule has 6 nitrogen and oxygen atoms in total. The van der Waals surface area contributed by atoms with E-state index in [0.717, 1.165) is 0 Å². The number of hydrogen-bond acceptors (Lipinski definition) is 6. The largest absolute Gasteiger partial charge is 0.504 e. The van der Waals surface area contributed by atoms with Gasteiger partial charge in [-0.1, -0.05) is 12.2 Å². The van der Waals surface area contributed by atoms with E-state index in [2.05, 4.69) is 0 Å². The Labute approximate surface area is 169 Å². The van der Waals surface area contributed by atoms with E-state index in [4.69, 9.17) is 9.47 Å². The highest BCUT2D eigenvalue weighted by Gasteiger charge is 2.09. The van der Waals surface area contributed by atoms with Crippen molar-refractivity contribution in [3.8, 4) is 23.0 Å². The molecule has 0 atom stereocenters. The van der Waals surface area contributed by atoms with Crippen molar-refractivity contribution in [1.82, 2.24) is 0 Å². The van der Waals surface area contributed by atoms with Crippen LogP contribution >= 0.6 is 0 Å². The van der Waals surface area contributed by atoms with E-state index in [1.807, 2.05) is 0 Å². The van der Waals surface area contributed by atoms with E-state index in [9.17, 15) is 19.8 Å². The van der Waals surface area contributed by atoms with Crippen molar-refractivity contribution in [2.24, 2.45) is 0 Å². The van der Waals surface area contributed by atoms with Crippen LogP contribution in [-0.2, 0) is 9.59 Å². The van der Waals surface area contributed by atoms with Gasteiger partial charge in [0.2, 0.25) is 0 Å². The average Bonchev–Trinajstić information content (AvgIpc) is 2.69. The lowest BCUT2D eigenvalue weighted by molar-refractivity contribution is -0.121. The number of allylic oxidation sites excluding steroid dienone is 2. The van der Waals surface area contributed by atoms with Crippen LogP contribution in [0.5, 0.6) is 23.0 Å². The first-order chi connectivity index (χ1) is 13.7. The van der Waals surface area contributed by atoms with Gasteiger partial charge in [-0.2, -0.15) is 0 Å². The number of carbonyl (C=O) groups excluding carboxylic acids is 2. The normalized spacial score (nSPS) is 11.2. The van der Waals surface area contributed by atoms with E-state index in [0.29, 0.717) is 33.8 Å². The molecule has 0 heterocycles. The second-order valence-electron chi connectivity index (χ2n) is 6.55. The molecule has 2 rings (SSSR count). The van der Waals surface area contributed by atoms with Gasteiger partial charge >= 0.3 is 0 Å². The molecule has 0 aromatic heterocycles. The van der Waals surface area contributed by atoms with Crippen LogP contribution in [0, 0.1) is 13.8 Å². The van der Waals surface area contributed by atoms with E-state index >= 15 is 0 Å². The maximum atomic E-state index is 12.1. The second-order valence-corrected chi connectivity index (χ2v) is 6.55. The molecule has 2 N–H and O–H groups in total. The molecule has 29 heavy (non-hydrogen) atoms. The predicted octanol–water partition coefficient (Wildman–Crippen LogP) is 3.99. The van der Waals surface area contributed by atoms with Gasteiger partial charge in [-0.05, 0) is 72.5 Å². The Kier molecular flexibility index (Phi) is 7.20. The Balaban J connectivity index is 2.03. The molecule has 0 aliphatic rings. The zero-order valence-corrected chi connectivity index (χ0v) is 16.9. The Morgan fingerprint density at radius 1 is 0.793 bits per heavy atom. The summed E-state index contributed by atoms with van der Waals surface area (Å²) in [6, 6.07) is 6.64. The van der Waals surface area contributed by atoms with Crippen molar-refractivity contribution in [2.45, 2.75) is 20.3 Å². The van der Waals surface area contributed by atoms with Crippen LogP contribution in [0.2, 0.25) is 0 Å². The van der Waals surface area contributed by atoms with Gasteiger partial charge < -0.3 is 19.7 Å². The van der Waals surface area contributed by atoms with Gasteiger partial charge in [0.15, 0.2) is 34.6 Å². The fourth-order valence-electron chi connectivity index (χ4n) is 2.72. The van der Waals surface area contributed by atoms with Gasteiger partial charge in [0.1, 0.15) is 0 Å². The summed E-state index contributed by atoms with van der Waals surface area (Å²) in [7, 11) is 2.90. The summed E-state index contributed by atoms with van der Waals surface area (Å²) in [6.07, 6.45) is 5.52. The van der Waals surface area contributed by atoms with Crippen LogP contribution in [-0.4, -0.2) is 36.0 Å². The molecule has 0 radical (unpaired) electrons. The first kappa shape index (κ1) is 21.8. The number of benzene rings is 2. The molecule has 0 spiro atoms. The van der Waals surface area contributed by atoms with E-state index in [-0.39, 0.29) is 29.5 Å². The van der Waals surface area contributed by atoms with Crippen molar-refractivity contribution < 1.29 is 29.3 Å². The van der Waals surface area contributed by atoms with E-state index in [1.54, 1.807) is 50.3 Å². The van der Waals surface area contributed by atoms with Crippen molar-refractivity contribution >= 4 is 23.7 Å². The molecule has 2 aromatic carbocycles. The highest BCUT2D eigenvalue weighted by molar-refractivity contribution is 6.10. The average molecular weight is 396 g/mol. The molecule has 0 amide bonds. The second kappa shape index (κ2) is 9.59. The molecule has 6 heteroatoms. The van der Waals surface area contributed by atoms with Gasteiger partial charge in [-0.25, -0.2) is 0 Å². The van der Waals surface area contributed by atoms with Crippen molar-refractivity contribution in [1.29, 1.82) is 0 Å². The Bertz CT molecular complexity index is 906. The number of hydrogen-bond donors (Lipinski definition) is 2. The molecular formula is C23H24O6. The molecule has 0 fully saturated rings. The van der Waals surface area contributed by atoms with Crippen LogP contribution in [0.15, 0.2) is 36.4 Å². The van der Waals surface area contributed by atoms with Gasteiger partial charge in [0, 0.05) is 0 Å². The van der Waals surface area contributed by atoms with Crippen LogP contribution in [0.1, 0.15) is 28.7 Å². The Morgan fingerprint density at radius 2 is 1.17 bits per heavy atom. The molecule has 0 unspecified atom stereocenters. The van der Waals surface area contributed by atoms with Gasteiger partial charge in [0.25, 0.3) is 0 Å². The zero-order valence-electron chi connectivity index (χ0n) is 16.9. The summed E-state index contributed by atoms with van der Waals surface area (Å²) in [5.74, 6) is 0.0499. The number of carbonyl (C=O) groups is 2. The Morgan fingerprint density at radius 3 is 1.52 bits per heavy atom. The third-order valence-electron chi connectivity index (χ3n) is 4.29. The zero-order chi connectivity index (χ0) is 21.6. The number of rotatable bonds is 8. The standard InChI is InChI=1S/C23H24O6/c1-14-9-16(11-20(28-3)22(14)26)5-7-18(24)13-19(25)8-6-17-10-15(2)23(27)21(12-17)29-4/h5-12,26-27H,13H2,1-4H3/b7-5+,8-6+. The van der Waals surface area contributed by atoms with E-state index in [1.165, 1.54) is 26.4 Å². The highest BCUT2D eigenvalue weighted by atomic mass is 16.5. The lowest BCUT2D eigenvalue weighted by Crippen LogP contribution is -2.02. The number of aryl methyl sites for hydroxylation is 2. The van der Waals surface area contributed by atoms with Crippen molar-refractivity contribution in [3.05, 3.63) is 58.7 Å². The Hall–Kier alpha value is -3.54. The summed E-state index contributed by atoms with van der Waals surface area (Å²) in [5.41, 5.74) is 2.60. The van der Waals surface area contributed by atoms with Crippen molar-refractivity contribution in [3.63, 3.8) is 0 Å².